The van der Waals surface area contributed by atoms with Crippen LogP contribution in [0.3, 0.4) is 0 Å². The summed E-state index contributed by atoms with van der Waals surface area (Å²) in [5.41, 5.74) is 5.64. The molecule has 138 valence electrons. The van der Waals surface area contributed by atoms with Gasteiger partial charge >= 0.3 is 0 Å². The molecule has 0 atom stereocenters. The highest BCUT2D eigenvalue weighted by atomic mass is 35.5. The molecule has 0 saturated heterocycles. The van der Waals surface area contributed by atoms with Gasteiger partial charge in [0.15, 0.2) is 0 Å². The maximum Gasteiger partial charge on any atom is 0.202 e. The summed E-state index contributed by atoms with van der Waals surface area (Å²) in [7, 11) is 0. The van der Waals surface area contributed by atoms with Crippen LogP contribution in [0, 0.1) is 0 Å². The molecule has 5 rings (SSSR count). The van der Waals surface area contributed by atoms with Crippen molar-refractivity contribution in [2.45, 2.75) is 13.3 Å². The zero-order valence-corrected chi connectivity index (χ0v) is 16.4. The van der Waals surface area contributed by atoms with Gasteiger partial charge in [0.05, 0.1) is 16.7 Å². The number of rotatable bonds is 3. The Bertz CT molecular complexity index is 1300. The fourth-order valence-corrected chi connectivity index (χ4v) is 4.45. The monoisotopic (exact) mass is 408 g/mol. The number of hydrogen-bond donors (Lipinski definition) is 1. The average Bonchev–Trinajstić information content (AvgIpc) is 3.35. The maximum absolute atomic E-state index is 13.1. The number of ketones is 1. The highest BCUT2D eigenvalue weighted by Gasteiger charge is 2.37. The second-order valence-electron chi connectivity index (χ2n) is 6.82. The number of allylic oxidation sites excluding steroid dienone is 1. The molecule has 0 unspecified atom stereocenters. The number of carbonyl (C=O) groups is 1. The average molecular weight is 409 g/mol. The summed E-state index contributed by atoms with van der Waals surface area (Å²) in [4.78, 5) is 13.1. The van der Waals surface area contributed by atoms with Crippen LogP contribution in [0.1, 0.15) is 34.0 Å². The molecule has 0 amide bonds. The number of carbonyl (C=O) groups excluding carboxylic acids is 1. The minimum Gasteiger partial charge on any atom is -0.506 e. The van der Waals surface area contributed by atoms with Crippen molar-refractivity contribution in [3.63, 3.8) is 0 Å². The summed E-state index contributed by atoms with van der Waals surface area (Å²) in [6.07, 6.45) is 0.723. The molecule has 0 spiro atoms. The predicted octanol–water partition coefficient (Wildman–Crippen LogP) is 7.03. The lowest BCUT2D eigenvalue weighted by Gasteiger charge is -2.13. The Morgan fingerprint density at radius 1 is 0.929 bits per heavy atom. The van der Waals surface area contributed by atoms with E-state index in [1.54, 1.807) is 24.3 Å². The molecule has 0 fully saturated rings. The minimum absolute atomic E-state index is 0.0246. The molecule has 1 aliphatic carbocycles. The van der Waals surface area contributed by atoms with Gasteiger partial charge in [-0.05, 0) is 53.4 Å². The third-order valence-corrected chi connectivity index (χ3v) is 5.83. The van der Waals surface area contributed by atoms with Gasteiger partial charge in [-0.2, -0.15) is 0 Å². The Labute approximate surface area is 171 Å². The third kappa shape index (κ3) is 2.33. The third-order valence-electron chi connectivity index (χ3n) is 5.28. The number of aliphatic hydroxyl groups excluding tert-OH is 1. The van der Waals surface area contributed by atoms with Crippen molar-refractivity contribution >= 4 is 51.5 Å². The molecule has 28 heavy (non-hydrogen) atoms. The molecule has 2 aromatic heterocycles. The molecule has 1 aliphatic rings. The van der Waals surface area contributed by atoms with Gasteiger partial charge in [0.1, 0.15) is 16.9 Å². The molecule has 5 heteroatoms. The van der Waals surface area contributed by atoms with Crippen LogP contribution in [0.2, 0.25) is 10.0 Å². The van der Waals surface area contributed by atoms with Crippen LogP contribution in [-0.4, -0.2) is 10.9 Å². The largest absolute Gasteiger partial charge is 0.506 e. The number of fused-ring (bicyclic) bond motifs is 5. The van der Waals surface area contributed by atoms with Crippen molar-refractivity contribution in [2.24, 2.45) is 0 Å². The molecule has 2 heterocycles. The Hall–Kier alpha value is -2.75. The van der Waals surface area contributed by atoms with Crippen molar-refractivity contribution in [1.82, 2.24) is 0 Å². The number of halogens is 2. The molecular weight excluding hydrogens is 395 g/mol. The number of hydrogen-bond acceptors (Lipinski definition) is 3. The van der Waals surface area contributed by atoms with E-state index in [1.807, 2.05) is 31.2 Å². The molecule has 3 nitrogen and oxygen atoms in total. The van der Waals surface area contributed by atoms with Gasteiger partial charge < -0.3 is 9.52 Å². The number of aliphatic hydroxyl groups is 1. The van der Waals surface area contributed by atoms with Gasteiger partial charge in [-0.25, -0.2) is 0 Å². The molecule has 0 radical (unpaired) electrons. The van der Waals surface area contributed by atoms with Gasteiger partial charge in [0.25, 0.3) is 0 Å². The summed E-state index contributed by atoms with van der Waals surface area (Å²) in [6, 6.07) is 14.7. The molecule has 4 aromatic rings. The van der Waals surface area contributed by atoms with Crippen molar-refractivity contribution in [1.29, 1.82) is 0 Å². The van der Waals surface area contributed by atoms with E-state index < -0.39 is 0 Å². The lowest BCUT2D eigenvalue weighted by atomic mass is 9.91. The second kappa shape index (κ2) is 6.13. The van der Waals surface area contributed by atoms with Crippen molar-refractivity contribution in [2.75, 3.05) is 0 Å². The van der Waals surface area contributed by atoms with Crippen LogP contribution in [0.5, 0.6) is 0 Å². The lowest BCUT2D eigenvalue weighted by Crippen LogP contribution is -2.02. The number of furan rings is 2. The second-order valence-corrected chi connectivity index (χ2v) is 7.66. The first-order chi connectivity index (χ1) is 13.5. The number of Topliss-reactive ketones (excluding diaryl/α,β-unsaturated/α-hetero) is 1. The molecule has 2 aromatic carbocycles. The van der Waals surface area contributed by atoms with E-state index in [9.17, 15) is 9.90 Å². The number of benzene rings is 3. The van der Waals surface area contributed by atoms with E-state index >= 15 is 0 Å². The van der Waals surface area contributed by atoms with E-state index in [0.717, 1.165) is 23.1 Å². The van der Waals surface area contributed by atoms with Gasteiger partial charge in [0.2, 0.25) is 5.78 Å². The Morgan fingerprint density at radius 3 is 2.36 bits per heavy atom. The molecule has 0 saturated carbocycles. The molecular formula is C23H14Cl2O3. The van der Waals surface area contributed by atoms with Gasteiger partial charge in [-0.15, -0.1) is 0 Å². The maximum atomic E-state index is 13.1. The highest BCUT2D eigenvalue weighted by molar-refractivity contribution is 6.42. The van der Waals surface area contributed by atoms with Crippen molar-refractivity contribution < 1.29 is 14.3 Å². The Balaban J connectivity index is 1.72. The smallest absolute Gasteiger partial charge is 0.202 e. The van der Waals surface area contributed by atoms with Crippen molar-refractivity contribution in [3.05, 3.63) is 80.8 Å². The summed E-state index contributed by atoms with van der Waals surface area (Å²) in [5, 5.41) is 12.0. The standard InChI is InChI=1S/C23H14Cl2O3/c1-2-11-3-4-12(14-6-5-13(24)10-16(14)25)9-15(11)19-22(26)20-17-7-8-18(28-17)21(20)23(19)27/h3-10,26H,2H2,1H3. The van der Waals surface area contributed by atoms with E-state index in [2.05, 4.69) is 0 Å². The molecule has 1 N–H and O–H groups in total. The van der Waals surface area contributed by atoms with E-state index in [-0.39, 0.29) is 11.5 Å². The Kier molecular flexibility index (Phi) is 3.80. The van der Waals surface area contributed by atoms with Crippen molar-refractivity contribution in [3.8, 4) is 11.1 Å². The highest BCUT2D eigenvalue weighted by Crippen LogP contribution is 2.45. The first-order valence-electron chi connectivity index (χ1n) is 8.91. The van der Waals surface area contributed by atoms with Gasteiger partial charge in [0, 0.05) is 15.6 Å². The van der Waals surface area contributed by atoms with Gasteiger partial charge in [-0.1, -0.05) is 48.3 Å². The van der Waals surface area contributed by atoms with E-state index in [1.165, 1.54) is 0 Å². The van der Waals surface area contributed by atoms with Crippen LogP contribution in [0.15, 0.2) is 52.9 Å². The van der Waals surface area contributed by atoms with E-state index in [0.29, 0.717) is 43.5 Å². The topological polar surface area (TPSA) is 50.4 Å². The fourth-order valence-electron chi connectivity index (χ4n) is 3.93. The van der Waals surface area contributed by atoms with Crippen LogP contribution in [-0.2, 0) is 6.42 Å². The predicted molar refractivity (Wildman–Crippen MR) is 112 cm³/mol. The quantitative estimate of drug-likeness (QED) is 0.395. The number of aryl methyl sites for hydroxylation is 1. The summed E-state index contributed by atoms with van der Waals surface area (Å²) in [5.74, 6) is -0.237. The van der Waals surface area contributed by atoms with Crippen LogP contribution in [0.4, 0.5) is 0 Å². The first-order valence-corrected chi connectivity index (χ1v) is 9.67. The van der Waals surface area contributed by atoms with Crippen LogP contribution < -0.4 is 0 Å². The SMILES string of the molecule is CCc1ccc(-c2ccc(Cl)cc2Cl)cc1C1=C(O)c2c(c3ccc2o3)C1=O. The van der Waals surface area contributed by atoms with Gasteiger partial charge in [-0.3, -0.25) is 4.79 Å². The lowest BCUT2D eigenvalue weighted by molar-refractivity contribution is 0.106. The normalized spacial score (nSPS) is 13.8. The minimum atomic E-state index is -0.212. The molecule has 2 bridgehead atoms. The zero-order valence-electron chi connectivity index (χ0n) is 14.8. The first kappa shape index (κ1) is 17.4. The van der Waals surface area contributed by atoms with Crippen LogP contribution >= 0.6 is 23.2 Å². The summed E-state index contributed by atoms with van der Waals surface area (Å²) < 4.78 is 5.54. The zero-order chi connectivity index (χ0) is 19.6. The summed E-state index contributed by atoms with van der Waals surface area (Å²) in [6.45, 7) is 2.02. The van der Waals surface area contributed by atoms with E-state index in [4.69, 9.17) is 27.6 Å². The van der Waals surface area contributed by atoms with Crippen LogP contribution in [0.25, 0.3) is 33.6 Å². The Morgan fingerprint density at radius 2 is 1.68 bits per heavy atom. The molecule has 0 aliphatic heterocycles. The summed E-state index contributed by atoms with van der Waals surface area (Å²) >= 11 is 12.4. The fraction of sp³-hybridized carbons (Fsp3) is 0.0870.